The van der Waals surface area contributed by atoms with Crippen LogP contribution in [0, 0.1) is 11.8 Å². The van der Waals surface area contributed by atoms with Gasteiger partial charge in [-0.05, 0) is 51.4 Å². The van der Waals surface area contributed by atoms with Crippen molar-refractivity contribution in [1.29, 1.82) is 0 Å². The third-order valence-electron chi connectivity index (χ3n) is 4.36. The molecule has 0 radical (unpaired) electrons. The molecule has 0 bridgehead atoms. The summed E-state index contributed by atoms with van der Waals surface area (Å²) >= 11 is 0. The van der Waals surface area contributed by atoms with Crippen LogP contribution in [0.1, 0.15) is 52.4 Å². The number of nitrogens with two attached hydrogens (primary N) is 1. The SMILES string of the molecule is CC(C)N(CC1CC1)CC1CCCCC1N. The molecule has 0 heterocycles. The highest BCUT2D eigenvalue weighted by Crippen LogP contribution is 2.31. The van der Waals surface area contributed by atoms with Crippen molar-refractivity contribution in [2.24, 2.45) is 17.6 Å². The Hall–Kier alpha value is -0.0800. The van der Waals surface area contributed by atoms with Crippen molar-refractivity contribution in [2.45, 2.75) is 64.5 Å². The molecule has 2 fully saturated rings. The van der Waals surface area contributed by atoms with E-state index in [9.17, 15) is 0 Å². The average Bonchev–Trinajstić information content (AvgIpc) is 3.04. The third-order valence-corrected chi connectivity index (χ3v) is 4.36. The molecule has 2 saturated carbocycles. The minimum absolute atomic E-state index is 0.467. The lowest BCUT2D eigenvalue weighted by Crippen LogP contribution is -2.44. The van der Waals surface area contributed by atoms with Gasteiger partial charge in [0, 0.05) is 25.2 Å². The Bertz CT molecular complexity index is 211. The molecule has 2 nitrogen and oxygen atoms in total. The van der Waals surface area contributed by atoms with Crippen LogP contribution in [0.4, 0.5) is 0 Å². The van der Waals surface area contributed by atoms with Gasteiger partial charge in [0.05, 0.1) is 0 Å². The van der Waals surface area contributed by atoms with Gasteiger partial charge in [0.1, 0.15) is 0 Å². The van der Waals surface area contributed by atoms with E-state index in [1.54, 1.807) is 0 Å². The Balaban J connectivity index is 1.82. The minimum Gasteiger partial charge on any atom is -0.327 e. The number of rotatable bonds is 5. The van der Waals surface area contributed by atoms with E-state index in [-0.39, 0.29) is 0 Å². The van der Waals surface area contributed by atoms with Crippen LogP contribution in [-0.4, -0.2) is 30.1 Å². The van der Waals surface area contributed by atoms with Crippen molar-refractivity contribution in [3.8, 4) is 0 Å². The molecule has 0 aromatic rings. The highest BCUT2D eigenvalue weighted by molar-refractivity contribution is 4.84. The lowest BCUT2D eigenvalue weighted by atomic mass is 9.84. The van der Waals surface area contributed by atoms with Crippen molar-refractivity contribution in [3.05, 3.63) is 0 Å². The van der Waals surface area contributed by atoms with Gasteiger partial charge in [-0.3, -0.25) is 0 Å². The zero-order valence-corrected chi connectivity index (χ0v) is 11.0. The van der Waals surface area contributed by atoms with Crippen LogP contribution >= 0.6 is 0 Å². The fourth-order valence-corrected chi connectivity index (χ4v) is 2.89. The maximum Gasteiger partial charge on any atom is 0.00793 e. The van der Waals surface area contributed by atoms with Crippen LogP contribution in [-0.2, 0) is 0 Å². The highest BCUT2D eigenvalue weighted by atomic mass is 15.2. The van der Waals surface area contributed by atoms with Crippen molar-refractivity contribution in [2.75, 3.05) is 13.1 Å². The van der Waals surface area contributed by atoms with E-state index in [0.717, 1.165) is 11.8 Å². The fraction of sp³-hybridized carbons (Fsp3) is 1.00. The summed E-state index contributed by atoms with van der Waals surface area (Å²) in [5, 5.41) is 0. The van der Waals surface area contributed by atoms with Crippen LogP contribution < -0.4 is 5.73 Å². The van der Waals surface area contributed by atoms with Gasteiger partial charge in [0.2, 0.25) is 0 Å². The standard InChI is InChI=1S/C14H28N2/c1-11(2)16(9-12-7-8-12)10-13-5-3-4-6-14(13)15/h11-14H,3-10,15H2,1-2H3. The van der Waals surface area contributed by atoms with Gasteiger partial charge in [-0.15, -0.1) is 0 Å². The molecular weight excluding hydrogens is 196 g/mol. The zero-order valence-electron chi connectivity index (χ0n) is 11.0. The van der Waals surface area contributed by atoms with Gasteiger partial charge in [0.15, 0.2) is 0 Å². The lowest BCUT2D eigenvalue weighted by molar-refractivity contribution is 0.148. The summed E-state index contributed by atoms with van der Waals surface area (Å²) in [6, 6.07) is 1.16. The Kier molecular flexibility index (Phi) is 4.26. The van der Waals surface area contributed by atoms with E-state index < -0.39 is 0 Å². The zero-order chi connectivity index (χ0) is 11.5. The fourth-order valence-electron chi connectivity index (χ4n) is 2.89. The Morgan fingerprint density at radius 3 is 2.31 bits per heavy atom. The normalized spacial score (nSPS) is 31.3. The predicted molar refractivity (Wildman–Crippen MR) is 69.4 cm³/mol. The number of nitrogens with zero attached hydrogens (tertiary/aromatic N) is 1. The van der Waals surface area contributed by atoms with Crippen molar-refractivity contribution >= 4 is 0 Å². The summed E-state index contributed by atoms with van der Waals surface area (Å²) in [4.78, 5) is 2.67. The van der Waals surface area contributed by atoms with E-state index in [1.165, 1.54) is 51.6 Å². The van der Waals surface area contributed by atoms with E-state index >= 15 is 0 Å². The average molecular weight is 224 g/mol. The molecule has 94 valence electrons. The van der Waals surface area contributed by atoms with Crippen LogP contribution in [0.3, 0.4) is 0 Å². The van der Waals surface area contributed by atoms with Crippen molar-refractivity contribution in [1.82, 2.24) is 4.90 Å². The summed E-state index contributed by atoms with van der Waals surface area (Å²) in [7, 11) is 0. The maximum absolute atomic E-state index is 6.25. The molecule has 16 heavy (non-hydrogen) atoms. The second-order valence-corrected chi connectivity index (χ2v) is 6.20. The first-order valence-electron chi connectivity index (χ1n) is 7.16. The van der Waals surface area contributed by atoms with Crippen molar-refractivity contribution < 1.29 is 0 Å². The monoisotopic (exact) mass is 224 g/mol. The summed E-state index contributed by atoms with van der Waals surface area (Å²) < 4.78 is 0. The largest absolute Gasteiger partial charge is 0.327 e. The maximum atomic E-state index is 6.25. The molecule has 2 aliphatic carbocycles. The Labute approximate surface area is 101 Å². The molecule has 0 amide bonds. The summed E-state index contributed by atoms with van der Waals surface area (Å²) in [5.41, 5.74) is 6.25. The van der Waals surface area contributed by atoms with E-state index in [0.29, 0.717) is 12.1 Å². The molecule has 2 N–H and O–H groups in total. The second kappa shape index (κ2) is 5.50. The van der Waals surface area contributed by atoms with Crippen LogP contribution in [0.25, 0.3) is 0 Å². The molecule has 0 aromatic carbocycles. The molecule has 2 unspecified atom stereocenters. The highest BCUT2D eigenvalue weighted by Gasteiger charge is 2.29. The van der Waals surface area contributed by atoms with Gasteiger partial charge in [-0.2, -0.15) is 0 Å². The van der Waals surface area contributed by atoms with Crippen LogP contribution in [0.5, 0.6) is 0 Å². The molecule has 2 atom stereocenters. The summed E-state index contributed by atoms with van der Waals surface area (Å²) in [6.45, 7) is 7.23. The van der Waals surface area contributed by atoms with Crippen LogP contribution in [0.2, 0.25) is 0 Å². The Morgan fingerprint density at radius 1 is 1.06 bits per heavy atom. The predicted octanol–water partition coefficient (Wildman–Crippen LogP) is 2.62. The van der Waals surface area contributed by atoms with Gasteiger partial charge in [-0.1, -0.05) is 12.8 Å². The second-order valence-electron chi connectivity index (χ2n) is 6.20. The first kappa shape index (κ1) is 12.4. The molecule has 0 aliphatic heterocycles. The topological polar surface area (TPSA) is 29.3 Å². The third kappa shape index (κ3) is 3.46. The summed E-state index contributed by atoms with van der Waals surface area (Å²) in [5.74, 6) is 1.76. The number of hydrogen-bond acceptors (Lipinski definition) is 2. The number of hydrogen-bond donors (Lipinski definition) is 1. The molecule has 0 saturated heterocycles. The lowest BCUT2D eigenvalue weighted by Gasteiger charge is -2.35. The molecule has 2 heteroatoms. The minimum atomic E-state index is 0.467. The van der Waals surface area contributed by atoms with Crippen molar-refractivity contribution in [3.63, 3.8) is 0 Å². The first-order chi connectivity index (χ1) is 7.66. The van der Waals surface area contributed by atoms with E-state index in [4.69, 9.17) is 5.73 Å². The van der Waals surface area contributed by atoms with E-state index in [1.807, 2.05) is 0 Å². The molecule has 0 aromatic heterocycles. The van der Waals surface area contributed by atoms with Gasteiger partial charge < -0.3 is 10.6 Å². The van der Waals surface area contributed by atoms with Gasteiger partial charge in [0.25, 0.3) is 0 Å². The van der Waals surface area contributed by atoms with Gasteiger partial charge >= 0.3 is 0 Å². The van der Waals surface area contributed by atoms with E-state index in [2.05, 4.69) is 18.7 Å². The first-order valence-corrected chi connectivity index (χ1v) is 7.16. The molecule has 2 aliphatic rings. The molecular formula is C14H28N2. The van der Waals surface area contributed by atoms with Gasteiger partial charge in [-0.25, -0.2) is 0 Å². The summed E-state index contributed by atoms with van der Waals surface area (Å²) in [6.07, 6.45) is 8.27. The molecule has 2 rings (SSSR count). The smallest absolute Gasteiger partial charge is 0.00793 e. The quantitative estimate of drug-likeness (QED) is 0.778. The van der Waals surface area contributed by atoms with Crippen LogP contribution in [0.15, 0.2) is 0 Å². The molecule has 0 spiro atoms. The Morgan fingerprint density at radius 2 is 1.75 bits per heavy atom.